The number of nitrogens with two attached hydrogens (primary N) is 1. The molecule has 1 saturated heterocycles. The first-order valence-electron chi connectivity index (χ1n) is 32.9. The summed E-state index contributed by atoms with van der Waals surface area (Å²) in [6.45, 7) is 18.6. The molecule has 94 heavy (non-hydrogen) atoms. The number of nitrogens with zero attached hydrogens (tertiary/aromatic N) is 4. The van der Waals surface area contributed by atoms with Crippen LogP contribution in [0.5, 0.6) is 0 Å². The van der Waals surface area contributed by atoms with E-state index in [4.69, 9.17) is 19.9 Å². The lowest BCUT2D eigenvalue weighted by atomic mass is 9.89. The van der Waals surface area contributed by atoms with Crippen molar-refractivity contribution >= 4 is 71.0 Å². The second kappa shape index (κ2) is 38.4. The molecule has 26 heteroatoms. The summed E-state index contributed by atoms with van der Waals surface area (Å²) < 4.78 is 17.7. The van der Waals surface area contributed by atoms with Crippen molar-refractivity contribution in [3.8, 4) is 0 Å². The van der Waals surface area contributed by atoms with Crippen molar-refractivity contribution in [2.45, 2.75) is 201 Å². The highest BCUT2D eigenvalue weighted by Gasteiger charge is 2.44. The van der Waals surface area contributed by atoms with Gasteiger partial charge in [-0.2, -0.15) is 0 Å². The van der Waals surface area contributed by atoms with Crippen molar-refractivity contribution < 1.29 is 72.1 Å². The fourth-order valence-electron chi connectivity index (χ4n) is 12.1. The van der Waals surface area contributed by atoms with E-state index in [0.29, 0.717) is 61.9 Å². The summed E-state index contributed by atoms with van der Waals surface area (Å²) in [5.41, 5.74) is 6.77. The normalized spacial score (nSPS) is 17.4. The van der Waals surface area contributed by atoms with Gasteiger partial charge in [0, 0.05) is 72.2 Å². The third-order valence-corrected chi connectivity index (χ3v) is 17.7. The van der Waals surface area contributed by atoms with Gasteiger partial charge >= 0.3 is 12.1 Å². The molecule has 12 amide bonds. The standard InChI is InChI=1S/C68H105N11O15/c1-15-43(8)59(51(92-13)38-55(83)78-37-23-27-50(78)61(93-14)44(9)62(85)71-45(10)60(84)47-24-18-16-19-25-47)76(11)66(89)57(41(4)5)75-65(88)58(42(6)7)77(12)68(91)94-39-46-29-31-48(32-30-46)72-63(86)49(26-22-35-70-67(69)90)73-64(87)56(40(2)3)74-52(80)28-20-17-21-36-79-53(81)33-34-54(79)82/h16,18-19,24-25,29-34,40-45,49-51,56-61,84H,15,17,20-23,26-28,35-39H2,1-14H3,(H,71,85)(H,72,86)(H,73,87)(H,74,80)(H,75,88)(H3,69,70,90)/t43-,44+,45+,49?,50-,51+,56-,57-,58-,59-,60+,61+/m0/s1. The monoisotopic (exact) mass is 1320 g/mol. The van der Waals surface area contributed by atoms with E-state index in [1.807, 2.05) is 32.0 Å². The van der Waals surface area contributed by atoms with Crippen LogP contribution in [0, 0.1) is 29.6 Å². The maximum Gasteiger partial charge on any atom is 0.410 e. The number of likely N-dealkylation sites (N-methyl/N-ethyl adjacent to an activating group) is 2. The Hall–Kier alpha value is -7.97. The number of aliphatic hydroxyl groups excluding tert-OH is 1. The van der Waals surface area contributed by atoms with E-state index >= 15 is 0 Å². The zero-order valence-corrected chi connectivity index (χ0v) is 57.4. The number of imide groups is 1. The smallest absolute Gasteiger partial charge is 0.410 e. The fraction of sp³-hybridized carbons (Fsp3) is 0.632. The van der Waals surface area contributed by atoms with E-state index in [1.54, 1.807) is 109 Å². The Balaban J connectivity index is 1.37. The van der Waals surface area contributed by atoms with Crippen LogP contribution in [-0.2, 0) is 64.0 Å². The zero-order chi connectivity index (χ0) is 70.1. The Morgan fingerprint density at radius 2 is 1.35 bits per heavy atom. The first kappa shape index (κ1) is 78.5. The summed E-state index contributed by atoms with van der Waals surface area (Å²) in [4.78, 5) is 152. The van der Waals surface area contributed by atoms with Gasteiger partial charge in [0.2, 0.25) is 41.4 Å². The van der Waals surface area contributed by atoms with Gasteiger partial charge in [0.1, 0.15) is 30.8 Å². The minimum Gasteiger partial charge on any atom is -0.445 e. The van der Waals surface area contributed by atoms with Crippen molar-refractivity contribution in [1.29, 1.82) is 0 Å². The summed E-state index contributed by atoms with van der Waals surface area (Å²) in [6.07, 6.45) is 2.94. The molecule has 26 nitrogen and oxygen atoms in total. The van der Waals surface area contributed by atoms with Crippen LogP contribution in [0.25, 0.3) is 0 Å². The van der Waals surface area contributed by atoms with Gasteiger partial charge in [-0.3, -0.25) is 53.0 Å². The van der Waals surface area contributed by atoms with Crippen LogP contribution in [0.15, 0.2) is 66.7 Å². The summed E-state index contributed by atoms with van der Waals surface area (Å²) in [7, 11) is 6.08. The topological polar surface area (TPSA) is 347 Å². The minimum absolute atomic E-state index is 0.0841. The van der Waals surface area contributed by atoms with Gasteiger partial charge in [0.05, 0.1) is 48.8 Å². The number of methoxy groups -OCH3 is 2. The molecule has 522 valence electrons. The highest BCUT2D eigenvalue weighted by molar-refractivity contribution is 6.12. The summed E-state index contributed by atoms with van der Waals surface area (Å²) >= 11 is 0. The Bertz CT molecular complexity index is 2880. The summed E-state index contributed by atoms with van der Waals surface area (Å²) in [6, 6.07) is 8.74. The SMILES string of the molecule is CC[C@H](C)[C@@H]([C@@H](CC(=O)N1CCC[C@H]1[C@H](OC)[C@@H](C)C(=O)N[C@H](C)[C@@H](O)c1ccccc1)OC)N(C)C(=O)[C@@H](NC(=O)[C@H](C(C)C)N(C)C(=O)OCc1ccc(NC(=O)C(CCCNC(N)=O)NC(=O)[C@@H](NC(=O)CCCCCN2C(=O)C=CC2=O)C(C)C)cc1)C(C)C. The molecule has 0 aromatic heterocycles. The molecule has 2 aromatic carbocycles. The molecule has 2 aliphatic rings. The first-order chi connectivity index (χ1) is 44.5. The predicted molar refractivity (Wildman–Crippen MR) is 353 cm³/mol. The molecule has 2 aromatic rings. The number of anilines is 1. The van der Waals surface area contributed by atoms with E-state index in [-0.39, 0.29) is 86.8 Å². The van der Waals surface area contributed by atoms with E-state index in [9.17, 15) is 57.8 Å². The number of nitrogens with one attached hydrogen (secondary N) is 6. The molecule has 0 bridgehead atoms. The Kier molecular flexibility index (Phi) is 32.1. The number of rotatable bonds is 38. The van der Waals surface area contributed by atoms with Crippen molar-refractivity contribution in [3.05, 3.63) is 77.9 Å². The number of hydrogen-bond donors (Lipinski definition) is 8. The van der Waals surface area contributed by atoms with Gasteiger partial charge in [0.25, 0.3) is 11.8 Å². The van der Waals surface area contributed by atoms with Crippen LogP contribution in [0.2, 0.25) is 0 Å². The molecule has 2 aliphatic heterocycles. The number of likely N-dealkylation sites (tertiary alicyclic amines) is 1. The lowest BCUT2D eigenvalue weighted by Crippen LogP contribution is -2.60. The average molecular weight is 1320 g/mol. The number of carbonyl (C=O) groups is 11. The minimum atomic E-state index is -1.11. The number of aliphatic hydroxyl groups is 1. The van der Waals surface area contributed by atoms with Gasteiger partial charge in [0.15, 0.2) is 0 Å². The Labute approximate surface area is 554 Å². The van der Waals surface area contributed by atoms with Crippen LogP contribution in [0.3, 0.4) is 0 Å². The summed E-state index contributed by atoms with van der Waals surface area (Å²) in [5.74, 6) is -6.02. The van der Waals surface area contributed by atoms with Crippen LogP contribution in [-0.4, -0.2) is 192 Å². The summed E-state index contributed by atoms with van der Waals surface area (Å²) in [5, 5.41) is 27.6. The van der Waals surface area contributed by atoms with E-state index in [2.05, 4.69) is 31.9 Å². The highest BCUT2D eigenvalue weighted by atomic mass is 16.6. The van der Waals surface area contributed by atoms with Crippen molar-refractivity contribution in [3.63, 3.8) is 0 Å². The van der Waals surface area contributed by atoms with E-state index in [0.717, 1.165) is 4.90 Å². The first-order valence-corrected chi connectivity index (χ1v) is 32.9. The Morgan fingerprint density at radius 1 is 0.713 bits per heavy atom. The van der Waals surface area contributed by atoms with E-state index < -0.39 is 114 Å². The number of ether oxygens (including phenoxy) is 3. The lowest BCUT2D eigenvalue weighted by molar-refractivity contribution is -0.148. The quantitative estimate of drug-likeness (QED) is 0.0321. The number of unbranched alkanes of at least 4 members (excludes halogenated alkanes) is 2. The number of carbonyl (C=O) groups excluding carboxylic acids is 11. The molecular formula is C68H105N11O15. The van der Waals surface area contributed by atoms with Crippen LogP contribution in [0.4, 0.5) is 15.3 Å². The molecule has 0 aliphatic carbocycles. The van der Waals surface area contributed by atoms with Crippen LogP contribution >= 0.6 is 0 Å². The maximum absolute atomic E-state index is 14.8. The van der Waals surface area contributed by atoms with Crippen molar-refractivity contribution in [1.82, 2.24) is 46.2 Å². The molecule has 0 saturated carbocycles. The highest BCUT2D eigenvalue weighted by Crippen LogP contribution is 2.31. The number of benzene rings is 2. The molecule has 0 spiro atoms. The van der Waals surface area contributed by atoms with Gasteiger partial charge in [-0.1, -0.05) is 118 Å². The predicted octanol–water partition coefficient (Wildman–Crippen LogP) is 5.08. The van der Waals surface area contributed by atoms with Crippen molar-refractivity contribution in [2.75, 3.05) is 53.3 Å². The molecule has 2 heterocycles. The second-order valence-electron chi connectivity index (χ2n) is 25.8. The van der Waals surface area contributed by atoms with Gasteiger partial charge in [-0.25, -0.2) is 9.59 Å². The fourth-order valence-corrected chi connectivity index (χ4v) is 12.1. The van der Waals surface area contributed by atoms with Gasteiger partial charge < -0.3 is 66.8 Å². The van der Waals surface area contributed by atoms with Gasteiger partial charge in [-0.05, 0) is 92.4 Å². The average Bonchev–Trinajstić information content (AvgIpc) is 1.33. The lowest BCUT2D eigenvalue weighted by Gasteiger charge is -2.41. The third kappa shape index (κ3) is 22.9. The maximum atomic E-state index is 14.8. The molecule has 0 radical (unpaired) electrons. The number of urea groups is 1. The van der Waals surface area contributed by atoms with Crippen LogP contribution in [0.1, 0.15) is 151 Å². The van der Waals surface area contributed by atoms with E-state index in [1.165, 1.54) is 38.3 Å². The zero-order valence-electron chi connectivity index (χ0n) is 57.4. The molecule has 12 atom stereocenters. The molecule has 1 unspecified atom stereocenters. The molecular weight excluding hydrogens is 1210 g/mol. The number of hydrogen-bond acceptors (Lipinski definition) is 15. The number of amides is 12. The second-order valence-corrected chi connectivity index (χ2v) is 25.8. The molecule has 4 rings (SSSR count). The Morgan fingerprint density at radius 3 is 1.93 bits per heavy atom. The molecule has 9 N–H and O–H groups in total. The molecule has 1 fully saturated rings. The van der Waals surface area contributed by atoms with Crippen molar-refractivity contribution in [2.24, 2.45) is 35.3 Å². The van der Waals surface area contributed by atoms with Crippen LogP contribution < -0.4 is 37.6 Å². The van der Waals surface area contributed by atoms with Gasteiger partial charge in [-0.15, -0.1) is 0 Å². The largest absolute Gasteiger partial charge is 0.445 e. The third-order valence-electron chi connectivity index (χ3n) is 17.7. The number of primary amides is 1.